The van der Waals surface area contributed by atoms with Gasteiger partial charge in [0.15, 0.2) is 11.3 Å². The average molecular weight is 259 g/mol. The number of methoxy groups -OCH3 is 1. The average Bonchev–Trinajstić information content (AvgIpc) is 3.01. The summed E-state index contributed by atoms with van der Waals surface area (Å²) in [4.78, 5) is 0. The normalized spacial score (nSPS) is 23.1. The Morgan fingerprint density at radius 3 is 3.00 bits per heavy atom. The van der Waals surface area contributed by atoms with Crippen molar-refractivity contribution in [3.63, 3.8) is 0 Å². The van der Waals surface area contributed by atoms with Crippen LogP contribution >= 0.6 is 0 Å². The largest absolute Gasteiger partial charge is 0.493 e. The highest BCUT2D eigenvalue weighted by Gasteiger charge is 2.21. The minimum Gasteiger partial charge on any atom is -0.493 e. The van der Waals surface area contributed by atoms with Crippen LogP contribution in [0.4, 0.5) is 0 Å². The first kappa shape index (κ1) is 12.5. The number of hydrogen-bond donors (Lipinski definition) is 1. The lowest BCUT2D eigenvalue weighted by molar-refractivity contribution is 0.403. The summed E-state index contributed by atoms with van der Waals surface area (Å²) in [6.45, 7) is 3.13. The highest BCUT2D eigenvalue weighted by atomic mass is 16.5. The molecule has 2 aromatic rings. The molecule has 2 unspecified atom stereocenters. The molecule has 0 spiro atoms. The molecule has 1 fully saturated rings. The van der Waals surface area contributed by atoms with Crippen molar-refractivity contribution in [2.45, 2.75) is 38.8 Å². The number of hydrogen-bond acceptors (Lipinski definition) is 3. The SMILES string of the molecule is COc1cccc2cc(CNC3CCC(C)C3)oc12. The lowest BCUT2D eigenvalue weighted by atomic mass is 10.1. The summed E-state index contributed by atoms with van der Waals surface area (Å²) in [7, 11) is 1.68. The number of benzene rings is 1. The molecule has 3 rings (SSSR count). The lowest BCUT2D eigenvalue weighted by Crippen LogP contribution is -2.25. The predicted molar refractivity (Wildman–Crippen MR) is 76.4 cm³/mol. The van der Waals surface area contributed by atoms with Gasteiger partial charge in [0.2, 0.25) is 0 Å². The summed E-state index contributed by atoms with van der Waals surface area (Å²) in [5.74, 6) is 2.64. The maximum Gasteiger partial charge on any atom is 0.176 e. The van der Waals surface area contributed by atoms with Gasteiger partial charge in [0.1, 0.15) is 5.76 Å². The maximum absolute atomic E-state index is 5.89. The zero-order valence-corrected chi connectivity index (χ0v) is 11.6. The van der Waals surface area contributed by atoms with Gasteiger partial charge >= 0.3 is 0 Å². The molecule has 1 aromatic carbocycles. The Balaban J connectivity index is 1.71. The Kier molecular flexibility index (Phi) is 3.47. The Morgan fingerprint density at radius 1 is 1.37 bits per heavy atom. The van der Waals surface area contributed by atoms with E-state index in [1.54, 1.807) is 7.11 Å². The molecule has 2 atom stereocenters. The van der Waals surface area contributed by atoms with E-state index in [4.69, 9.17) is 9.15 Å². The summed E-state index contributed by atoms with van der Waals surface area (Å²) in [6, 6.07) is 8.73. The molecule has 3 heteroatoms. The molecule has 1 aliphatic rings. The molecular formula is C16H21NO2. The Morgan fingerprint density at radius 2 is 2.26 bits per heavy atom. The van der Waals surface area contributed by atoms with Crippen LogP contribution in [0.3, 0.4) is 0 Å². The molecule has 0 radical (unpaired) electrons. The topological polar surface area (TPSA) is 34.4 Å². The Bertz CT molecular complexity index is 561. The molecule has 0 aliphatic heterocycles. The smallest absolute Gasteiger partial charge is 0.176 e. The fourth-order valence-electron chi connectivity index (χ4n) is 2.97. The number of ether oxygens (including phenoxy) is 1. The molecule has 0 amide bonds. The van der Waals surface area contributed by atoms with E-state index in [1.807, 2.05) is 12.1 Å². The summed E-state index contributed by atoms with van der Waals surface area (Å²) in [5, 5.41) is 4.70. The minimum atomic E-state index is 0.644. The van der Waals surface area contributed by atoms with Crippen molar-refractivity contribution in [3.05, 3.63) is 30.0 Å². The standard InChI is InChI=1S/C16H21NO2/c1-11-6-7-13(8-11)17-10-14-9-12-4-3-5-15(18-2)16(12)19-14/h3-5,9,11,13,17H,6-8,10H2,1-2H3. The zero-order valence-electron chi connectivity index (χ0n) is 11.6. The van der Waals surface area contributed by atoms with E-state index in [9.17, 15) is 0 Å². The molecule has 1 aromatic heterocycles. The molecule has 3 nitrogen and oxygen atoms in total. The van der Waals surface area contributed by atoms with Gasteiger partial charge in [-0.15, -0.1) is 0 Å². The van der Waals surface area contributed by atoms with Crippen LogP contribution in [0.2, 0.25) is 0 Å². The maximum atomic E-state index is 5.89. The third kappa shape index (κ3) is 2.61. The summed E-state index contributed by atoms with van der Waals surface area (Å²) < 4.78 is 11.2. The van der Waals surface area contributed by atoms with E-state index in [0.29, 0.717) is 6.04 Å². The third-order valence-electron chi connectivity index (χ3n) is 4.04. The van der Waals surface area contributed by atoms with E-state index in [1.165, 1.54) is 19.3 Å². The first-order chi connectivity index (χ1) is 9.26. The number of furan rings is 1. The highest BCUT2D eigenvalue weighted by Crippen LogP contribution is 2.29. The van der Waals surface area contributed by atoms with Crippen LogP contribution in [0, 0.1) is 5.92 Å². The second kappa shape index (κ2) is 5.25. The fraction of sp³-hybridized carbons (Fsp3) is 0.500. The minimum absolute atomic E-state index is 0.644. The first-order valence-electron chi connectivity index (χ1n) is 7.05. The van der Waals surface area contributed by atoms with Gasteiger partial charge in [-0.1, -0.05) is 19.1 Å². The number of fused-ring (bicyclic) bond motifs is 1. The van der Waals surface area contributed by atoms with Crippen LogP contribution in [0.5, 0.6) is 5.75 Å². The number of para-hydroxylation sites is 1. The van der Waals surface area contributed by atoms with Crippen LogP contribution < -0.4 is 10.1 Å². The second-order valence-electron chi connectivity index (χ2n) is 5.59. The van der Waals surface area contributed by atoms with Crippen LogP contribution in [0.25, 0.3) is 11.0 Å². The van der Waals surface area contributed by atoms with Gasteiger partial charge in [-0.3, -0.25) is 0 Å². The summed E-state index contributed by atoms with van der Waals surface area (Å²) in [5.41, 5.74) is 0.849. The van der Waals surface area contributed by atoms with Gasteiger partial charge in [0.05, 0.1) is 13.7 Å². The first-order valence-corrected chi connectivity index (χ1v) is 7.05. The van der Waals surface area contributed by atoms with E-state index < -0.39 is 0 Å². The molecule has 1 N–H and O–H groups in total. The van der Waals surface area contributed by atoms with Crippen LogP contribution in [0.1, 0.15) is 31.9 Å². The molecule has 0 bridgehead atoms. The van der Waals surface area contributed by atoms with Crippen molar-refractivity contribution < 1.29 is 9.15 Å². The van der Waals surface area contributed by atoms with E-state index in [-0.39, 0.29) is 0 Å². The van der Waals surface area contributed by atoms with E-state index in [0.717, 1.165) is 34.9 Å². The van der Waals surface area contributed by atoms with Crippen molar-refractivity contribution in [3.8, 4) is 5.75 Å². The molecular weight excluding hydrogens is 238 g/mol. The Labute approximate surface area is 113 Å². The Hall–Kier alpha value is -1.48. The third-order valence-corrected chi connectivity index (χ3v) is 4.04. The van der Waals surface area contributed by atoms with Gasteiger partial charge in [-0.05, 0) is 37.3 Å². The van der Waals surface area contributed by atoms with E-state index in [2.05, 4.69) is 24.4 Å². The molecule has 1 heterocycles. The molecule has 19 heavy (non-hydrogen) atoms. The van der Waals surface area contributed by atoms with Gasteiger partial charge in [0.25, 0.3) is 0 Å². The number of rotatable bonds is 4. The molecule has 1 saturated carbocycles. The van der Waals surface area contributed by atoms with Crippen molar-refractivity contribution in [2.24, 2.45) is 5.92 Å². The quantitative estimate of drug-likeness (QED) is 0.908. The van der Waals surface area contributed by atoms with Gasteiger partial charge in [0, 0.05) is 11.4 Å². The van der Waals surface area contributed by atoms with Crippen molar-refractivity contribution in [1.29, 1.82) is 0 Å². The molecule has 102 valence electrons. The van der Waals surface area contributed by atoms with Gasteiger partial charge in [-0.2, -0.15) is 0 Å². The van der Waals surface area contributed by atoms with Crippen molar-refractivity contribution >= 4 is 11.0 Å². The fourth-order valence-corrected chi connectivity index (χ4v) is 2.97. The molecule has 0 saturated heterocycles. The van der Waals surface area contributed by atoms with Gasteiger partial charge in [-0.25, -0.2) is 0 Å². The zero-order chi connectivity index (χ0) is 13.2. The van der Waals surface area contributed by atoms with Crippen molar-refractivity contribution in [2.75, 3.05) is 7.11 Å². The summed E-state index contributed by atoms with van der Waals surface area (Å²) >= 11 is 0. The van der Waals surface area contributed by atoms with E-state index >= 15 is 0 Å². The second-order valence-corrected chi connectivity index (χ2v) is 5.59. The summed E-state index contributed by atoms with van der Waals surface area (Å²) in [6.07, 6.45) is 3.90. The monoisotopic (exact) mass is 259 g/mol. The lowest BCUT2D eigenvalue weighted by Gasteiger charge is -2.10. The highest BCUT2D eigenvalue weighted by molar-refractivity contribution is 5.83. The molecule has 1 aliphatic carbocycles. The predicted octanol–water partition coefficient (Wildman–Crippen LogP) is 3.72. The van der Waals surface area contributed by atoms with Gasteiger partial charge < -0.3 is 14.5 Å². The van der Waals surface area contributed by atoms with Crippen molar-refractivity contribution in [1.82, 2.24) is 5.32 Å². The van der Waals surface area contributed by atoms with Crippen LogP contribution in [-0.4, -0.2) is 13.2 Å². The van der Waals surface area contributed by atoms with Crippen LogP contribution in [0.15, 0.2) is 28.7 Å². The van der Waals surface area contributed by atoms with Crippen LogP contribution in [-0.2, 0) is 6.54 Å². The number of nitrogens with one attached hydrogen (secondary N) is 1.